The highest BCUT2D eigenvalue weighted by Crippen LogP contribution is 2.22. The van der Waals surface area contributed by atoms with E-state index in [0.29, 0.717) is 16.3 Å². The molecule has 0 saturated carbocycles. The Morgan fingerprint density at radius 1 is 1.14 bits per heavy atom. The summed E-state index contributed by atoms with van der Waals surface area (Å²) < 4.78 is 10.3. The molecule has 0 bridgehead atoms. The van der Waals surface area contributed by atoms with Gasteiger partial charge in [-0.25, -0.2) is 4.79 Å². The van der Waals surface area contributed by atoms with E-state index in [2.05, 4.69) is 0 Å². The maximum absolute atomic E-state index is 11.6. The molecule has 2 aromatic rings. The highest BCUT2D eigenvalue weighted by Gasteiger charge is 2.07. The molecule has 0 fully saturated rings. The molecule has 0 saturated heterocycles. The summed E-state index contributed by atoms with van der Waals surface area (Å²) in [5.41, 5.74) is 1.37. The van der Waals surface area contributed by atoms with E-state index < -0.39 is 5.97 Å². The summed E-state index contributed by atoms with van der Waals surface area (Å²) in [6.45, 7) is -0.0730. The number of rotatable bonds is 5. The van der Waals surface area contributed by atoms with Crippen molar-refractivity contribution in [3.63, 3.8) is 0 Å². The number of carbonyl (C=O) groups is 1. The summed E-state index contributed by atoms with van der Waals surface area (Å²) in [6.07, 6.45) is 0. The summed E-state index contributed by atoms with van der Waals surface area (Å²) in [7, 11) is 0. The number of para-hydroxylation sites is 1. The number of nitriles is 1. The Labute approximate surface area is 127 Å². The van der Waals surface area contributed by atoms with Crippen molar-refractivity contribution in [1.29, 1.82) is 5.26 Å². The predicted molar refractivity (Wildman–Crippen MR) is 77.9 cm³/mol. The highest BCUT2D eigenvalue weighted by atomic mass is 35.5. The lowest BCUT2D eigenvalue weighted by molar-refractivity contribution is -0.147. The van der Waals surface area contributed by atoms with Gasteiger partial charge < -0.3 is 9.47 Å². The zero-order valence-electron chi connectivity index (χ0n) is 11.1. The van der Waals surface area contributed by atoms with E-state index in [0.717, 1.165) is 5.56 Å². The molecule has 0 N–H and O–H groups in total. The van der Waals surface area contributed by atoms with Crippen LogP contribution >= 0.6 is 11.6 Å². The lowest BCUT2D eigenvalue weighted by Gasteiger charge is -2.08. The average Bonchev–Trinajstić information content (AvgIpc) is 2.52. The van der Waals surface area contributed by atoms with Gasteiger partial charge >= 0.3 is 5.97 Å². The van der Waals surface area contributed by atoms with Crippen LogP contribution in [0.2, 0.25) is 5.02 Å². The Bertz CT molecular complexity index is 662. The molecule has 0 heterocycles. The summed E-state index contributed by atoms with van der Waals surface area (Å²) in [4.78, 5) is 11.6. The van der Waals surface area contributed by atoms with Gasteiger partial charge in [0.05, 0.1) is 16.7 Å². The highest BCUT2D eigenvalue weighted by molar-refractivity contribution is 6.32. The van der Waals surface area contributed by atoms with Crippen molar-refractivity contribution in [2.75, 3.05) is 6.61 Å². The molecule has 0 aliphatic rings. The van der Waals surface area contributed by atoms with E-state index in [9.17, 15) is 4.79 Å². The Balaban J connectivity index is 1.79. The first-order chi connectivity index (χ1) is 10.2. The third-order valence-electron chi connectivity index (χ3n) is 2.67. The van der Waals surface area contributed by atoms with Gasteiger partial charge in [-0.15, -0.1) is 0 Å². The summed E-state index contributed by atoms with van der Waals surface area (Å²) in [5.74, 6) is -0.0474. The Morgan fingerprint density at radius 2 is 1.86 bits per heavy atom. The van der Waals surface area contributed by atoms with Crippen molar-refractivity contribution in [3.8, 4) is 11.8 Å². The predicted octanol–water partition coefficient (Wildman–Crippen LogP) is 3.33. The van der Waals surface area contributed by atoms with Crippen LogP contribution in [0.4, 0.5) is 0 Å². The van der Waals surface area contributed by atoms with Crippen LogP contribution in [0.15, 0.2) is 48.5 Å². The second-order valence-corrected chi connectivity index (χ2v) is 4.60. The van der Waals surface area contributed by atoms with Crippen LogP contribution in [0, 0.1) is 11.3 Å². The Hall–Kier alpha value is -2.51. The molecule has 0 atom stereocenters. The normalized spacial score (nSPS) is 9.71. The van der Waals surface area contributed by atoms with Gasteiger partial charge in [0.25, 0.3) is 0 Å². The minimum absolute atomic E-state index is 0.135. The van der Waals surface area contributed by atoms with Crippen molar-refractivity contribution in [2.24, 2.45) is 0 Å². The second kappa shape index (κ2) is 7.32. The number of esters is 1. The third kappa shape index (κ3) is 4.51. The van der Waals surface area contributed by atoms with E-state index in [1.807, 2.05) is 6.07 Å². The molecule has 0 spiro atoms. The molecule has 21 heavy (non-hydrogen) atoms. The fourth-order valence-corrected chi connectivity index (χ4v) is 1.77. The van der Waals surface area contributed by atoms with Crippen LogP contribution in [0.1, 0.15) is 11.1 Å². The first-order valence-corrected chi connectivity index (χ1v) is 6.59. The number of benzene rings is 2. The van der Waals surface area contributed by atoms with Gasteiger partial charge in [-0.1, -0.05) is 35.9 Å². The smallest absolute Gasteiger partial charge is 0.344 e. The fraction of sp³-hybridized carbons (Fsp3) is 0.125. The summed E-state index contributed by atoms with van der Waals surface area (Å²) in [6, 6.07) is 15.7. The summed E-state index contributed by atoms with van der Waals surface area (Å²) >= 11 is 5.91. The quantitative estimate of drug-likeness (QED) is 0.795. The number of hydrogen-bond acceptors (Lipinski definition) is 4. The zero-order valence-corrected chi connectivity index (χ0v) is 11.8. The largest absolute Gasteiger partial charge is 0.480 e. The van der Waals surface area contributed by atoms with Gasteiger partial charge in [-0.05, 0) is 29.8 Å². The Kier molecular flexibility index (Phi) is 5.19. The van der Waals surface area contributed by atoms with Crippen molar-refractivity contribution in [2.45, 2.75) is 6.61 Å². The molecule has 2 aromatic carbocycles. The number of ether oxygens (including phenoxy) is 2. The van der Waals surface area contributed by atoms with Gasteiger partial charge in [0.1, 0.15) is 12.4 Å². The standard InChI is InChI=1S/C16H12ClNO3/c17-14-3-1-2-4-15(14)20-11-16(19)21-10-13-7-5-12(9-18)6-8-13/h1-8H,10-11H2. The molecule has 0 aliphatic heterocycles. The van der Waals surface area contributed by atoms with E-state index in [1.54, 1.807) is 48.5 Å². The van der Waals surface area contributed by atoms with Crippen molar-refractivity contribution >= 4 is 17.6 Å². The second-order valence-electron chi connectivity index (χ2n) is 4.19. The lowest BCUT2D eigenvalue weighted by Crippen LogP contribution is -2.14. The van der Waals surface area contributed by atoms with Crippen LogP contribution in [0.5, 0.6) is 5.75 Å². The first kappa shape index (κ1) is 14.9. The third-order valence-corrected chi connectivity index (χ3v) is 2.98. The average molecular weight is 302 g/mol. The number of halogens is 1. The molecule has 0 amide bonds. The maximum atomic E-state index is 11.6. The first-order valence-electron chi connectivity index (χ1n) is 6.21. The summed E-state index contributed by atoms with van der Waals surface area (Å²) in [5, 5.41) is 9.13. The van der Waals surface area contributed by atoms with Crippen LogP contribution in [-0.2, 0) is 16.1 Å². The number of carbonyl (C=O) groups excluding carboxylic acids is 1. The van der Waals surface area contributed by atoms with Crippen LogP contribution < -0.4 is 4.74 Å². The molecule has 4 nitrogen and oxygen atoms in total. The van der Waals surface area contributed by atoms with Gasteiger partial charge in [0.2, 0.25) is 0 Å². The maximum Gasteiger partial charge on any atom is 0.344 e. The molecular weight excluding hydrogens is 290 g/mol. The van der Waals surface area contributed by atoms with E-state index >= 15 is 0 Å². The van der Waals surface area contributed by atoms with Crippen molar-refractivity contribution in [3.05, 3.63) is 64.7 Å². The molecule has 0 unspecified atom stereocenters. The van der Waals surface area contributed by atoms with Gasteiger partial charge in [-0.2, -0.15) is 5.26 Å². The molecule has 0 radical (unpaired) electrons. The van der Waals surface area contributed by atoms with E-state index in [4.69, 9.17) is 26.3 Å². The van der Waals surface area contributed by atoms with Crippen LogP contribution in [-0.4, -0.2) is 12.6 Å². The molecule has 0 aromatic heterocycles. The van der Waals surface area contributed by atoms with Crippen molar-refractivity contribution in [1.82, 2.24) is 0 Å². The fourth-order valence-electron chi connectivity index (χ4n) is 1.58. The minimum atomic E-state index is -0.487. The van der Waals surface area contributed by atoms with E-state index in [-0.39, 0.29) is 13.2 Å². The van der Waals surface area contributed by atoms with Crippen molar-refractivity contribution < 1.29 is 14.3 Å². The SMILES string of the molecule is N#Cc1ccc(COC(=O)COc2ccccc2Cl)cc1. The molecule has 5 heteroatoms. The molecule has 2 rings (SSSR count). The van der Waals surface area contributed by atoms with Gasteiger partial charge in [0, 0.05) is 0 Å². The van der Waals surface area contributed by atoms with Crippen LogP contribution in [0.25, 0.3) is 0 Å². The van der Waals surface area contributed by atoms with Gasteiger partial charge in [-0.3, -0.25) is 0 Å². The lowest BCUT2D eigenvalue weighted by atomic mass is 10.2. The zero-order chi connectivity index (χ0) is 15.1. The Morgan fingerprint density at radius 3 is 2.52 bits per heavy atom. The topological polar surface area (TPSA) is 59.3 Å². The molecular formula is C16H12ClNO3. The molecule has 0 aliphatic carbocycles. The monoisotopic (exact) mass is 301 g/mol. The molecule has 106 valence electrons. The van der Waals surface area contributed by atoms with Crippen LogP contribution in [0.3, 0.4) is 0 Å². The van der Waals surface area contributed by atoms with E-state index in [1.165, 1.54) is 0 Å². The number of nitrogens with zero attached hydrogens (tertiary/aromatic N) is 1. The van der Waals surface area contributed by atoms with Gasteiger partial charge in [0.15, 0.2) is 6.61 Å². The number of hydrogen-bond donors (Lipinski definition) is 0. The minimum Gasteiger partial charge on any atom is -0.480 e.